The highest BCUT2D eigenvalue weighted by Gasteiger charge is 2.20. The van der Waals surface area contributed by atoms with Gasteiger partial charge in [0.15, 0.2) is 0 Å². The molecule has 2 rings (SSSR count). The van der Waals surface area contributed by atoms with Crippen LogP contribution in [0.15, 0.2) is 18.2 Å². The Balaban J connectivity index is 0.000000811. The first-order chi connectivity index (χ1) is 7.61. The highest BCUT2D eigenvalue weighted by Crippen LogP contribution is 2.30. The lowest BCUT2D eigenvalue weighted by atomic mass is 10.1. The summed E-state index contributed by atoms with van der Waals surface area (Å²) in [6, 6.07) is 5.51. The third kappa shape index (κ3) is 2.88. The summed E-state index contributed by atoms with van der Waals surface area (Å²) in [7, 11) is -3.29. The molecule has 0 aliphatic carbocycles. The van der Waals surface area contributed by atoms with Crippen LogP contribution in [0, 0.1) is 0 Å². The fourth-order valence-electron chi connectivity index (χ4n) is 1.34. The molecule has 1 aromatic carbocycles. The van der Waals surface area contributed by atoms with Gasteiger partial charge in [-0.1, -0.05) is 26.8 Å². The van der Waals surface area contributed by atoms with Crippen LogP contribution >= 0.6 is 0 Å². The van der Waals surface area contributed by atoms with E-state index in [9.17, 15) is 8.42 Å². The van der Waals surface area contributed by atoms with Crippen molar-refractivity contribution in [1.29, 1.82) is 0 Å². The lowest BCUT2D eigenvalue weighted by Crippen LogP contribution is -2.25. The fraction of sp³-hybridized carbons (Fsp3) is 0.455. The Morgan fingerprint density at radius 1 is 1.44 bits per heavy atom. The first-order valence-corrected chi connectivity index (χ1v) is 7.02. The molecule has 1 aliphatic rings. The Morgan fingerprint density at radius 2 is 2.12 bits per heavy atom. The predicted molar refractivity (Wildman–Crippen MR) is 67.3 cm³/mol. The molecule has 1 aliphatic heterocycles. The summed E-state index contributed by atoms with van der Waals surface area (Å²) in [5, 5.41) is 0. The molecule has 0 saturated carbocycles. The van der Waals surface area contributed by atoms with E-state index >= 15 is 0 Å². The van der Waals surface area contributed by atoms with Crippen molar-refractivity contribution in [3.8, 4) is 5.75 Å². The van der Waals surface area contributed by atoms with Gasteiger partial charge < -0.3 is 4.74 Å². The molecule has 5 heteroatoms. The van der Waals surface area contributed by atoms with Crippen LogP contribution in [0.3, 0.4) is 0 Å². The third-order valence-electron chi connectivity index (χ3n) is 2.09. The van der Waals surface area contributed by atoms with Gasteiger partial charge in [0.05, 0.1) is 5.69 Å². The quantitative estimate of drug-likeness (QED) is 0.827. The number of fused-ring (bicyclic) bond motifs is 1. The second-order valence-corrected chi connectivity index (χ2v) is 4.83. The number of sulfonamides is 1. The SMILES string of the molecule is CC.CCc1ccc2c(c1)NS(=O)(=O)CO2.[HH]. The molecule has 1 heterocycles. The Morgan fingerprint density at radius 3 is 2.75 bits per heavy atom. The molecule has 1 N–H and O–H groups in total. The smallest absolute Gasteiger partial charge is 0.268 e. The maximum atomic E-state index is 11.2. The van der Waals surface area contributed by atoms with Crippen LogP contribution in [0.2, 0.25) is 0 Å². The number of aryl methyl sites for hydroxylation is 1. The van der Waals surface area contributed by atoms with Gasteiger partial charge >= 0.3 is 0 Å². The van der Waals surface area contributed by atoms with Crippen molar-refractivity contribution in [1.82, 2.24) is 0 Å². The molecule has 0 unspecified atom stereocenters. The highest BCUT2D eigenvalue weighted by atomic mass is 32.2. The monoisotopic (exact) mass is 245 g/mol. The van der Waals surface area contributed by atoms with Crippen molar-refractivity contribution in [2.45, 2.75) is 27.2 Å². The van der Waals surface area contributed by atoms with Crippen molar-refractivity contribution in [2.75, 3.05) is 10.7 Å². The van der Waals surface area contributed by atoms with Gasteiger partial charge in [0, 0.05) is 1.43 Å². The average molecular weight is 245 g/mol. The molecule has 0 spiro atoms. The van der Waals surface area contributed by atoms with Crippen LogP contribution in [0.25, 0.3) is 0 Å². The van der Waals surface area contributed by atoms with E-state index in [0.29, 0.717) is 11.4 Å². The van der Waals surface area contributed by atoms with Gasteiger partial charge in [-0.05, 0) is 24.1 Å². The van der Waals surface area contributed by atoms with Gasteiger partial charge in [-0.25, -0.2) is 8.42 Å². The number of anilines is 1. The van der Waals surface area contributed by atoms with Gasteiger partial charge in [0.1, 0.15) is 5.75 Å². The molecule has 0 aromatic heterocycles. The van der Waals surface area contributed by atoms with Crippen molar-refractivity contribution in [2.24, 2.45) is 0 Å². The van der Waals surface area contributed by atoms with Crippen LogP contribution in [0.5, 0.6) is 5.75 Å². The minimum Gasteiger partial charge on any atom is -0.474 e. The summed E-state index contributed by atoms with van der Waals surface area (Å²) in [5.41, 5.74) is 1.62. The summed E-state index contributed by atoms with van der Waals surface area (Å²) in [5.74, 6) is 0.294. The number of ether oxygens (including phenoxy) is 1. The molecular formula is C11H19NO3S. The van der Waals surface area contributed by atoms with Gasteiger partial charge in [0.2, 0.25) is 5.94 Å². The van der Waals surface area contributed by atoms with E-state index in [2.05, 4.69) is 4.72 Å². The molecule has 16 heavy (non-hydrogen) atoms. The Labute approximate surface area is 98.2 Å². The Kier molecular flexibility index (Phi) is 4.18. The maximum absolute atomic E-state index is 11.2. The average Bonchev–Trinajstić information content (AvgIpc) is 2.29. The van der Waals surface area contributed by atoms with E-state index in [1.807, 2.05) is 26.8 Å². The standard InChI is InChI=1S/C9H11NO3S.C2H6.H2/c1-2-7-3-4-9-8(5-7)10-14(11,12)6-13-9;1-2;/h3-5,10H,2,6H2,1H3;1-2H3;1H. The molecule has 0 amide bonds. The van der Waals surface area contributed by atoms with Crippen molar-refractivity contribution >= 4 is 15.7 Å². The van der Waals surface area contributed by atoms with Gasteiger partial charge in [-0.15, -0.1) is 0 Å². The minimum absolute atomic E-state index is 0. The van der Waals surface area contributed by atoms with E-state index in [1.54, 1.807) is 12.1 Å². The van der Waals surface area contributed by atoms with Crippen LogP contribution < -0.4 is 9.46 Å². The summed E-state index contributed by atoms with van der Waals surface area (Å²) in [6.07, 6.45) is 0.870. The molecule has 0 saturated heterocycles. The zero-order valence-corrected chi connectivity index (χ0v) is 10.6. The van der Waals surface area contributed by atoms with E-state index < -0.39 is 10.0 Å². The van der Waals surface area contributed by atoms with Crippen LogP contribution in [0.4, 0.5) is 5.69 Å². The topological polar surface area (TPSA) is 55.4 Å². The lowest BCUT2D eigenvalue weighted by molar-refractivity contribution is 0.374. The maximum Gasteiger partial charge on any atom is 0.268 e. The van der Waals surface area contributed by atoms with Crippen molar-refractivity contribution in [3.05, 3.63) is 23.8 Å². The second-order valence-electron chi connectivity index (χ2n) is 3.16. The molecule has 0 bridgehead atoms. The number of hydrogen-bond acceptors (Lipinski definition) is 3. The molecule has 92 valence electrons. The molecule has 0 atom stereocenters. The summed E-state index contributed by atoms with van der Waals surface area (Å²) >= 11 is 0. The predicted octanol–water partition coefficient (Wildman–Crippen LogP) is 2.61. The third-order valence-corrected chi connectivity index (χ3v) is 3.05. The first-order valence-electron chi connectivity index (χ1n) is 5.37. The molecule has 4 nitrogen and oxygen atoms in total. The van der Waals surface area contributed by atoms with E-state index in [-0.39, 0.29) is 7.37 Å². The second kappa shape index (κ2) is 5.21. The Bertz CT molecular complexity index is 460. The lowest BCUT2D eigenvalue weighted by Gasteiger charge is -2.19. The molecule has 0 radical (unpaired) electrons. The summed E-state index contributed by atoms with van der Waals surface area (Å²) < 4.78 is 29.9. The van der Waals surface area contributed by atoms with E-state index in [0.717, 1.165) is 12.0 Å². The number of nitrogens with one attached hydrogen (secondary N) is 1. The zero-order valence-electron chi connectivity index (χ0n) is 9.78. The number of rotatable bonds is 1. The zero-order chi connectivity index (χ0) is 12.2. The minimum atomic E-state index is -3.29. The Hall–Kier alpha value is -1.23. The van der Waals surface area contributed by atoms with Crippen LogP contribution in [-0.4, -0.2) is 14.4 Å². The number of hydrogen-bond donors (Lipinski definition) is 1. The largest absolute Gasteiger partial charge is 0.474 e. The van der Waals surface area contributed by atoms with Crippen molar-refractivity contribution < 1.29 is 14.6 Å². The molecule has 1 aromatic rings. The normalized spacial score (nSPS) is 15.9. The highest BCUT2D eigenvalue weighted by molar-refractivity contribution is 7.92. The first kappa shape index (κ1) is 12.8. The molecular weight excluding hydrogens is 226 g/mol. The summed E-state index contributed by atoms with van der Waals surface area (Å²) in [4.78, 5) is 0. The van der Waals surface area contributed by atoms with Crippen molar-refractivity contribution in [3.63, 3.8) is 0 Å². The van der Waals surface area contributed by atoms with E-state index in [4.69, 9.17) is 4.74 Å². The van der Waals surface area contributed by atoms with Crippen LogP contribution in [0.1, 0.15) is 27.8 Å². The van der Waals surface area contributed by atoms with Gasteiger partial charge in [-0.3, -0.25) is 4.72 Å². The van der Waals surface area contributed by atoms with Crippen LogP contribution in [-0.2, 0) is 16.4 Å². The van der Waals surface area contributed by atoms with Gasteiger partial charge in [0.25, 0.3) is 10.0 Å². The molecule has 0 fully saturated rings. The number of benzene rings is 1. The van der Waals surface area contributed by atoms with E-state index in [1.165, 1.54) is 0 Å². The fourth-order valence-corrected chi connectivity index (χ4v) is 2.18. The van der Waals surface area contributed by atoms with Gasteiger partial charge in [-0.2, -0.15) is 0 Å². The summed E-state index contributed by atoms with van der Waals surface area (Å²) in [6.45, 7) is 6.01.